The molecule has 0 bridgehead atoms. The highest BCUT2D eigenvalue weighted by atomic mass is 16.4. The predicted octanol–water partition coefficient (Wildman–Crippen LogP) is -1.31. The molecule has 0 rings (SSSR count). The van der Waals surface area contributed by atoms with Crippen molar-refractivity contribution in [3.05, 3.63) is 0 Å². The Morgan fingerprint density at radius 1 is 0.735 bits per heavy atom. The first-order valence-electron chi connectivity index (χ1n) is 11.0. The number of primary amides is 1. The van der Waals surface area contributed by atoms with Gasteiger partial charge in [0.15, 0.2) is 0 Å². The summed E-state index contributed by atoms with van der Waals surface area (Å²) in [6, 6.07) is -5.18. The zero-order valence-electron chi connectivity index (χ0n) is 20.0. The molecule has 194 valence electrons. The molecule has 0 radical (unpaired) electrons. The van der Waals surface area contributed by atoms with Crippen LogP contribution >= 0.6 is 0 Å². The Hall–Kier alpha value is -3.22. The van der Waals surface area contributed by atoms with Gasteiger partial charge in [0.1, 0.15) is 18.1 Å². The van der Waals surface area contributed by atoms with Gasteiger partial charge >= 0.3 is 11.9 Å². The molecule has 0 fully saturated rings. The average molecular weight is 488 g/mol. The van der Waals surface area contributed by atoms with Gasteiger partial charge in [-0.3, -0.25) is 24.0 Å². The van der Waals surface area contributed by atoms with Crippen molar-refractivity contribution in [3.63, 3.8) is 0 Å². The summed E-state index contributed by atoms with van der Waals surface area (Å²) < 4.78 is 0. The maximum absolute atomic E-state index is 12.8. The lowest BCUT2D eigenvalue weighted by Crippen LogP contribution is -2.57. The van der Waals surface area contributed by atoms with Gasteiger partial charge in [-0.25, -0.2) is 4.79 Å². The highest BCUT2D eigenvalue weighted by Crippen LogP contribution is 2.08. The first-order chi connectivity index (χ1) is 15.6. The largest absolute Gasteiger partial charge is 0.481 e. The molecule has 0 aliphatic heterocycles. The van der Waals surface area contributed by atoms with Gasteiger partial charge in [0, 0.05) is 6.42 Å². The standard InChI is InChI=1S/C21H37N5O8/c1-10(2)7-12(22)18(30)24-13(5-6-16(23)27)19(31)25-14(9-17(28)29)20(32)26-15(21(33)34)8-11(3)4/h10-15H,5-9,22H2,1-4H3,(H2,23,27)(H,24,30)(H,25,31)(H,26,32)(H,28,29)(H,33,34). The summed E-state index contributed by atoms with van der Waals surface area (Å²) in [5.41, 5.74) is 11.0. The molecule has 13 nitrogen and oxygen atoms in total. The van der Waals surface area contributed by atoms with Gasteiger partial charge in [-0.1, -0.05) is 27.7 Å². The van der Waals surface area contributed by atoms with E-state index in [1.165, 1.54) is 0 Å². The van der Waals surface area contributed by atoms with Crippen molar-refractivity contribution in [1.82, 2.24) is 16.0 Å². The van der Waals surface area contributed by atoms with Gasteiger partial charge in [-0.05, 0) is 31.1 Å². The number of nitrogens with one attached hydrogen (secondary N) is 3. The zero-order chi connectivity index (χ0) is 26.6. The van der Waals surface area contributed by atoms with Gasteiger partial charge in [0.05, 0.1) is 12.5 Å². The number of aliphatic carboxylic acids is 2. The maximum atomic E-state index is 12.8. The van der Waals surface area contributed by atoms with E-state index < -0.39 is 66.2 Å². The number of carbonyl (C=O) groups is 6. The summed E-state index contributed by atoms with van der Waals surface area (Å²) in [4.78, 5) is 71.7. The van der Waals surface area contributed by atoms with Crippen molar-refractivity contribution >= 4 is 35.6 Å². The Kier molecular flexibility index (Phi) is 13.4. The molecule has 0 aliphatic carbocycles. The molecule has 0 aromatic carbocycles. The molecule has 0 spiro atoms. The van der Waals surface area contributed by atoms with E-state index in [4.69, 9.17) is 16.6 Å². The average Bonchev–Trinajstić information content (AvgIpc) is 2.68. The molecule has 13 heteroatoms. The van der Waals surface area contributed by atoms with Gasteiger partial charge in [-0.2, -0.15) is 0 Å². The normalized spacial score (nSPS) is 14.6. The van der Waals surface area contributed by atoms with E-state index in [2.05, 4.69) is 16.0 Å². The van der Waals surface area contributed by atoms with Crippen molar-refractivity contribution in [3.8, 4) is 0 Å². The van der Waals surface area contributed by atoms with E-state index in [9.17, 15) is 33.9 Å². The quantitative estimate of drug-likeness (QED) is 0.137. The van der Waals surface area contributed by atoms with E-state index in [0.29, 0.717) is 6.42 Å². The number of hydrogen-bond donors (Lipinski definition) is 7. The van der Waals surface area contributed by atoms with Crippen LogP contribution in [0.3, 0.4) is 0 Å². The molecular formula is C21H37N5O8. The van der Waals surface area contributed by atoms with Gasteiger partial charge in [-0.15, -0.1) is 0 Å². The summed E-state index contributed by atoms with van der Waals surface area (Å²) in [7, 11) is 0. The monoisotopic (exact) mass is 487 g/mol. The van der Waals surface area contributed by atoms with Crippen LogP contribution in [0, 0.1) is 11.8 Å². The summed E-state index contributed by atoms with van der Waals surface area (Å²) in [6.45, 7) is 7.19. The van der Waals surface area contributed by atoms with Crippen molar-refractivity contribution in [2.24, 2.45) is 23.3 Å². The molecule has 0 aromatic heterocycles. The van der Waals surface area contributed by atoms with Crippen molar-refractivity contribution < 1.29 is 39.0 Å². The number of nitrogens with two attached hydrogens (primary N) is 2. The Morgan fingerprint density at radius 3 is 1.65 bits per heavy atom. The third-order valence-corrected chi connectivity index (χ3v) is 4.71. The third kappa shape index (κ3) is 12.7. The minimum absolute atomic E-state index is 0.0832. The second kappa shape index (κ2) is 14.8. The van der Waals surface area contributed by atoms with E-state index in [1.54, 1.807) is 13.8 Å². The van der Waals surface area contributed by atoms with Crippen LogP contribution in [0.1, 0.15) is 59.8 Å². The van der Waals surface area contributed by atoms with Crippen LogP contribution in [0.15, 0.2) is 0 Å². The molecule has 4 amide bonds. The van der Waals surface area contributed by atoms with Crippen LogP contribution in [0.5, 0.6) is 0 Å². The Morgan fingerprint density at radius 2 is 1.21 bits per heavy atom. The van der Waals surface area contributed by atoms with Crippen LogP contribution in [-0.2, 0) is 28.8 Å². The fourth-order valence-electron chi connectivity index (χ4n) is 3.07. The summed E-state index contributed by atoms with van der Waals surface area (Å²) in [5.74, 6) is -6.09. The molecule has 4 atom stereocenters. The van der Waals surface area contributed by atoms with E-state index in [0.717, 1.165) is 0 Å². The molecule has 34 heavy (non-hydrogen) atoms. The molecule has 0 aliphatic rings. The number of carboxylic acids is 2. The summed E-state index contributed by atoms with van der Waals surface area (Å²) in [6.07, 6.45) is -0.919. The fraction of sp³-hybridized carbons (Fsp3) is 0.714. The van der Waals surface area contributed by atoms with Crippen LogP contribution in [-0.4, -0.2) is 69.9 Å². The van der Waals surface area contributed by atoms with Gasteiger partial charge < -0.3 is 37.6 Å². The minimum atomic E-state index is -1.63. The lowest BCUT2D eigenvalue weighted by Gasteiger charge is -2.25. The van der Waals surface area contributed by atoms with E-state index in [1.807, 2.05) is 13.8 Å². The second-order valence-electron chi connectivity index (χ2n) is 8.99. The first kappa shape index (κ1) is 30.8. The number of hydrogen-bond acceptors (Lipinski definition) is 7. The van der Waals surface area contributed by atoms with Gasteiger partial charge in [0.2, 0.25) is 23.6 Å². The second-order valence-corrected chi connectivity index (χ2v) is 8.99. The Labute approximate surface area is 198 Å². The van der Waals surface area contributed by atoms with Gasteiger partial charge in [0.25, 0.3) is 0 Å². The molecule has 0 aromatic rings. The van der Waals surface area contributed by atoms with Crippen LogP contribution in [0.25, 0.3) is 0 Å². The number of rotatable bonds is 16. The smallest absolute Gasteiger partial charge is 0.326 e. The van der Waals surface area contributed by atoms with Crippen molar-refractivity contribution in [2.75, 3.05) is 0 Å². The zero-order valence-corrected chi connectivity index (χ0v) is 20.0. The lowest BCUT2D eigenvalue weighted by atomic mass is 10.0. The van der Waals surface area contributed by atoms with E-state index in [-0.39, 0.29) is 31.1 Å². The highest BCUT2D eigenvalue weighted by molar-refractivity contribution is 5.95. The number of carbonyl (C=O) groups excluding carboxylic acids is 4. The van der Waals surface area contributed by atoms with Crippen molar-refractivity contribution in [2.45, 2.75) is 84.0 Å². The topological polar surface area (TPSA) is 231 Å². The molecule has 0 saturated heterocycles. The SMILES string of the molecule is CC(C)CC(N)C(=O)NC(CCC(N)=O)C(=O)NC(CC(=O)O)C(=O)NC(CC(C)C)C(=O)O. The molecule has 9 N–H and O–H groups in total. The molecule has 4 unspecified atom stereocenters. The van der Waals surface area contributed by atoms with Crippen molar-refractivity contribution in [1.29, 1.82) is 0 Å². The Bertz CT molecular complexity index is 755. The number of carboxylic acid groups (broad SMARTS) is 2. The van der Waals surface area contributed by atoms with Crippen LogP contribution in [0.2, 0.25) is 0 Å². The van der Waals surface area contributed by atoms with Crippen LogP contribution in [0.4, 0.5) is 0 Å². The predicted molar refractivity (Wildman–Crippen MR) is 121 cm³/mol. The van der Waals surface area contributed by atoms with Crippen LogP contribution < -0.4 is 27.4 Å². The first-order valence-corrected chi connectivity index (χ1v) is 11.0. The molecule has 0 heterocycles. The lowest BCUT2D eigenvalue weighted by molar-refractivity contribution is -0.144. The molecular weight excluding hydrogens is 450 g/mol. The highest BCUT2D eigenvalue weighted by Gasteiger charge is 2.32. The Balaban J connectivity index is 5.58. The van der Waals surface area contributed by atoms with E-state index >= 15 is 0 Å². The summed E-state index contributed by atoms with van der Waals surface area (Å²) >= 11 is 0. The fourth-order valence-corrected chi connectivity index (χ4v) is 3.07. The third-order valence-electron chi connectivity index (χ3n) is 4.71. The minimum Gasteiger partial charge on any atom is -0.481 e. The number of amides is 4. The summed E-state index contributed by atoms with van der Waals surface area (Å²) in [5, 5.41) is 25.3. The molecule has 0 saturated carbocycles. The maximum Gasteiger partial charge on any atom is 0.326 e.